The van der Waals surface area contributed by atoms with Crippen LogP contribution in [-0.4, -0.2) is 17.0 Å². The maximum Gasteiger partial charge on any atom is 0.165 e. The number of rotatable bonds is 3. The Bertz CT molecular complexity index is 348. The summed E-state index contributed by atoms with van der Waals surface area (Å²) in [6, 6.07) is 2.99. The zero-order valence-electron chi connectivity index (χ0n) is 7.63. The van der Waals surface area contributed by atoms with Gasteiger partial charge in [0.05, 0.1) is 0 Å². The van der Waals surface area contributed by atoms with Crippen LogP contribution in [0, 0.1) is 11.6 Å². The van der Waals surface area contributed by atoms with Crippen molar-refractivity contribution in [2.24, 2.45) is 0 Å². The van der Waals surface area contributed by atoms with Gasteiger partial charge < -0.3 is 5.11 Å². The maximum atomic E-state index is 13.0. The Morgan fingerprint density at radius 3 is 2.64 bits per heavy atom. The molecule has 1 rings (SSSR count). The molecule has 76 valence electrons. The topological polar surface area (TPSA) is 37.3 Å². The average molecular weight is 200 g/mol. The summed E-state index contributed by atoms with van der Waals surface area (Å²) in [7, 11) is 0. The number of ketones is 1. The van der Waals surface area contributed by atoms with Crippen molar-refractivity contribution in [3.05, 3.63) is 35.4 Å². The van der Waals surface area contributed by atoms with E-state index in [1.165, 1.54) is 13.0 Å². The lowest BCUT2D eigenvalue weighted by atomic mass is 10.1. The molecule has 0 radical (unpaired) electrons. The SMILES string of the molecule is CC(O)C(=O)Cc1ccc(F)cc1F. The zero-order valence-corrected chi connectivity index (χ0v) is 7.63. The van der Waals surface area contributed by atoms with E-state index in [1.807, 2.05) is 0 Å². The molecule has 1 N–H and O–H groups in total. The van der Waals surface area contributed by atoms with Crippen molar-refractivity contribution in [1.29, 1.82) is 0 Å². The minimum absolute atomic E-state index is 0.0947. The van der Waals surface area contributed by atoms with E-state index in [-0.39, 0.29) is 12.0 Å². The second-order valence-corrected chi connectivity index (χ2v) is 3.05. The van der Waals surface area contributed by atoms with Gasteiger partial charge in [0.1, 0.15) is 17.7 Å². The average Bonchev–Trinajstić information content (AvgIpc) is 2.09. The molecule has 0 fully saturated rings. The molecule has 0 heterocycles. The van der Waals surface area contributed by atoms with Gasteiger partial charge in [-0.25, -0.2) is 8.78 Å². The fourth-order valence-corrected chi connectivity index (χ4v) is 1.00. The number of Topliss-reactive ketones (excluding diaryl/α,β-unsaturated/α-hetero) is 1. The van der Waals surface area contributed by atoms with E-state index >= 15 is 0 Å². The van der Waals surface area contributed by atoms with Crippen LogP contribution in [0.4, 0.5) is 8.78 Å². The van der Waals surface area contributed by atoms with Crippen LogP contribution in [0.25, 0.3) is 0 Å². The van der Waals surface area contributed by atoms with E-state index < -0.39 is 23.5 Å². The predicted molar refractivity (Wildman–Crippen MR) is 46.7 cm³/mol. The van der Waals surface area contributed by atoms with E-state index in [4.69, 9.17) is 5.11 Å². The van der Waals surface area contributed by atoms with Crippen LogP contribution >= 0.6 is 0 Å². The minimum atomic E-state index is -1.13. The van der Waals surface area contributed by atoms with Crippen LogP contribution in [0.2, 0.25) is 0 Å². The van der Waals surface area contributed by atoms with E-state index in [1.54, 1.807) is 0 Å². The third kappa shape index (κ3) is 2.60. The lowest BCUT2D eigenvalue weighted by Crippen LogP contribution is -2.18. The molecule has 1 unspecified atom stereocenters. The highest BCUT2D eigenvalue weighted by molar-refractivity contribution is 5.84. The molecule has 0 aliphatic rings. The number of hydrogen-bond donors (Lipinski definition) is 1. The number of aliphatic hydroxyl groups excluding tert-OH is 1. The largest absolute Gasteiger partial charge is 0.386 e. The molecule has 1 aromatic carbocycles. The minimum Gasteiger partial charge on any atom is -0.386 e. The monoisotopic (exact) mass is 200 g/mol. The number of carbonyl (C=O) groups is 1. The number of carbonyl (C=O) groups excluding carboxylic acids is 1. The molecule has 0 saturated heterocycles. The van der Waals surface area contributed by atoms with Gasteiger partial charge in [-0.15, -0.1) is 0 Å². The second-order valence-electron chi connectivity index (χ2n) is 3.05. The van der Waals surface area contributed by atoms with Gasteiger partial charge in [-0.1, -0.05) is 6.07 Å². The second kappa shape index (κ2) is 4.28. The number of aliphatic hydroxyl groups is 1. The molecular formula is C10H10F2O2. The van der Waals surface area contributed by atoms with Gasteiger partial charge in [0.2, 0.25) is 0 Å². The van der Waals surface area contributed by atoms with E-state index in [0.29, 0.717) is 6.07 Å². The Labute approximate surface area is 80.2 Å². The van der Waals surface area contributed by atoms with Gasteiger partial charge >= 0.3 is 0 Å². The molecule has 0 bridgehead atoms. The number of benzene rings is 1. The summed E-state index contributed by atoms with van der Waals surface area (Å²) in [6.45, 7) is 1.31. The van der Waals surface area contributed by atoms with Crippen LogP contribution in [0.1, 0.15) is 12.5 Å². The molecule has 0 aromatic heterocycles. The van der Waals surface area contributed by atoms with Crippen molar-refractivity contribution in [3.63, 3.8) is 0 Å². The normalized spacial score (nSPS) is 12.6. The van der Waals surface area contributed by atoms with Gasteiger partial charge in [-0.2, -0.15) is 0 Å². The molecule has 0 saturated carbocycles. The van der Waals surface area contributed by atoms with Gasteiger partial charge in [-0.05, 0) is 18.6 Å². The summed E-state index contributed by atoms with van der Waals surface area (Å²) in [6.07, 6.45) is -1.34. The smallest absolute Gasteiger partial charge is 0.165 e. The Balaban J connectivity index is 2.82. The zero-order chi connectivity index (χ0) is 10.7. The van der Waals surface area contributed by atoms with Crippen molar-refractivity contribution in [2.45, 2.75) is 19.4 Å². The summed E-state index contributed by atoms with van der Waals surface area (Å²) in [4.78, 5) is 11.0. The number of halogens is 2. The Hall–Kier alpha value is -1.29. The van der Waals surface area contributed by atoms with Crippen molar-refractivity contribution in [2.75, 3.05) is 0 Å². The molecule has 14 heavy (non-hydrogen) atoms. The lowest BCUT2D eigenvalue weighted by molar-refractivity contribution is -0.125. The highest BCUT2D eigenvalue weighted by Gasteiger charge is 2.12. The summed E-state index contributed by atoms with van der Waals surface area (Å²) in [5.41, 5.74) is 0.0947. The van der Waals surface area contributed by atoms with Crippen LogP contribution < -0.4 is 0 Å². The van der Waals surface area contributed by atoms with Gasteiger partial charge in [0.15, 0.2) is 5.78 Å². The van der Waals surface area contributed by atoms with Crippen LogP contribution in [0.5, 0.6) is 0 Å². The first-order chi connectivity index (χ1) is 6.50. The van der Waals surface area contributed by atoms with E-state index in [0.717, 1.165) is 6.07 Å². The van der Waals surface area contributed by atoms with Crippen molar-refractivity contribution >= 4 is 5.78 Å². The van der Waals surface area contributed by atoms with Crippen LogP contribution in [0.15, 0.2) is 18.2 Å². The molecule has 0 aliphatic carbocycles. The van der Waals surface area contributed by atoms with Gasteiger partial charge in [-0.3, -0.25) is 4.79 Å². The molecule has 2 nitrogen and oxygen atoms in total. The van der Waals surface area contributed by atoms with Gasteiger partial charge in [0, 0.05) is 12.5 Å². The van der Waals surface area contributed by atoms with Crippen molar-refractivity contribution < 1.29 is 18.7 Å². The molecular weight excluding hydrogens is 190 g/mol. The fraction of sp³-hybridized carbons (Fsp3) is 0.300. The van der Waals surface area contributed by atoms with E-state index in [9.17, 15) is 13.6 Å². The Kier molecular flexibility index (Phi) is 3.30. The highest BCUT2D eigenvalue weighted by atomic mass is 19.1. The Morgan fingerprint density at radius 2 is 2.14 bits per heavy atom. The molecule has 1 aromatic rings. The van der Waals surface area contributed by atoms with Crippen LogP contribution in [-0.2, 0) is 11.2 Å². The molecule has 1 atom stereocenters. The molecule has 4 heteroatoms. The maximum absolute atomic E-state index is 13.0. The first-order valence-corrected chi connectivity index (χ1v) is 4.15. The number of hydrogen-bond acceptors (Lipinski definition) is 2. The standard InChI is InChI=1S/C10H10F2O2/c1-6(13)10(14)4-7-2-3-8(11)5-9(7)12/h2-3,5-6,13H,4H2,1H3. The van der Waals surface area contributed by atoms with Crippen LogP contribution in [0.3, 0.4) is 0 Å². The fourth-order valence-electron chi connectivity index (χ4n) is 1.00. The first-order valence-electron chi connectivity index (χ1n) is 4.15. The van der Waals surface area contributed by atoms with Crippen molar-refractivity contribution in [1.82, 2.24) is 0 Å². The summed E-state index contributed by atoms with van der Waals surface area (Å²) < 4.78 is 25.5. The third-order valence-electron chi connectivity index (χ3n) is 1.85. The summed E-state index contributed by atoms with van der Waals surface area (Å²) >= 11 is 0. The molecule has 0 aliphatic heterocycles. The molecule has 0 amide bonds. The quantitative estimate of drug-likeness (QED) is 0.801. The lowest BCUT2D eigenvalue weighted by Gasteiger charge is -2.04. The summed E-state index contributed by atoms with van der Waals surface area (Å²) in [5.74, 6) is -1.94. The highest BCUT2D eigenvalue weighted by Crippen LogP contribution is 2.11. The third-order valence-corrected chi connectivity index (χ3v) is 1.85. The summed E-state index contributed by atoms with van der Waals surface area (Å²) in [5, 5.41) is 8.88. The predicted octanol–water partition coefficient (Wildman–Crippen LogP) is 1.46. The van der Waals surface area contributed by atoms with E-state index in [2.05, 4.69) is 0 Å². The first kappa shape index (κ1) is 10.8. The van der Waals surface area contributed by atoms with Crippen molar-refractivity contribution in [3.8, 4) is 0 Å². The van der Waals surface area contributed by atoms with Gasteiger partial charge in [0.25, 0.3) is 0 Å². The molecule has 0 spiro atoms. The Morgan fingerprint density at radius 1 is 1.50 bits per heavy atom.